The molecule has 0 amide bonds. The first-order chi connectivity index (χ1) is 13.5. The number of H-pyrrole nitrogens is 1. The fourth-order valence-corrected chi connectivity index (χ4v) is 3.44. The zero-order valence-electron chi connectivity index (χ0n) is 16.4. The SMILES string of the molecule is CCc1[nH]c(Nc2nc(Nc3ccc(Br)cc3)nc(C(C)C)n2)cc1C1CC1. The van der Waals surface area contributed by atoms with Gasteiger partial charge in [-0.15, -0.1) is 0 Å². The van der Waals surface area contributed by atoms with Crippen LogP contribution in [0.25, 0.3) is 0 Å². The Morgan fingerprint density at radius 2 is 1.75 bits per heavy atom. The maximum Gasteiger partial charge on any atom is 0.233 e. The van der Waals surface area contributed by atoms with Crippen molar-refractivity contribution in [2.45, 2.75) is 51.9 Å². The second-order valence-electron chi connectivity index (χ2n) is 7.50. The largest absolute Gasteiger partial charge is 0.345 e. The quantitative estimate of drug-likeness (QED) is 0.418. The Balaban J connectivity index is 1.60. The van der Waals surface area contributed by atoms with E-state index in [1.807, 2.05) is 24.3 Å². The summed E-state index contributed by atoms with van der Waals surface area (Å²) in [5.41, 5.74) is 3.66. The molecule has 146 valence electrons. The highest BCUT2D eigenvalue weighted by molar-refractivity contribution is 9.10. The summed E-state index contributed by atoms with van der Waals surface area (Å²) in [5.74, 6) is 3.68. The number of aromatic amines is 1. The topological polar surface area (TPSA) is 78.5 Å². The van der Waals surface area contributed by atoms with Gasteiger partial charge in [-0.2, -0.15) is 15.0 Å². The van der Waals surface area contributed by atoms with Crippen molar-refractivity contribution in [2.24, 2.45) is 0 Å². The molecule has 1 aliphatic carbocycles. The highest BCUT2D eigenvalue weighted by atomic mass is 79.9. The zero-order valence-corrected chi connectivity index (χ0v) is 18.0. The number of aryl methyl sites for hydroxylation is 1. The molecule has 1 fully saturated rings. The molecule has 2 heterocycles. The summed E-state index contributed by atoms with van der Waals surface area (Å²) in [5, 5.41) is 6.62. The van der Waals surface area contributed by atoms with Crippen LogP contribution >= 0.6 is 15.9 Å². The van der Waals surface area contributed by atoms with Crippen molar-refractivity contribution in [3.05, 3.63) is 51.9 Å². The van der Waals surface area contributed by atoms with E-state index in [0.717, 1.165) is 28.2 Å². The second kappa shape index (κ2) is 7.91. The first-order valence-electron chi connectivity index (χ1n) is 9.79. The Kier molecular flexibility index (Phi) is 5.35. The molecule has 6 nitrogen and oxygen atoms in total. The van der Waals surface area contributed by atoms with Crippen LogP contribution in [0.1, 0.15) is 62.5 Å². The van der Waals surface area contributed by atoms with Crippen molar-refractivity contribution in [2.75, 3.05) is 10.6 Å². The first-order valence-corrected chi connectivity index (χ1v) is 10.6. The van der Waals surface area contributed by atoms with Gasteiger partial charge in [0.05, 0.1) is 0 Å². The lowest BCUT2D eigenvalue weighted by molar-refractivity contribution is 0.766. The molecule has 1 aliphatic rings. The molecular formula is C21H25BrN6. The fourth-order valence-electron chi connectivity index (χ4n) is 3.18. The van der Waals surface area contributed by atoms with E-state index >= 15 is 0 Å². The molecule has 0 aliphatic heterocycles. The van der Waals surface area contributed by atoms with E-state index < -0.39 is 0 Å². The van der Waals surface area contributed by atoms with Crippen molar-refractivity contribution < 1.29 is 0 Å². The van der Waals surface area contributed by atoms with E-state index in [-0.39, 0.29) is 5.92 Å². The van der Waals surface area contributed by atoms with Gasteiger partial charge in [0.1, 0.15) is 11.6 Å². The molecule has 0 unspecified atom stereocenters. The second-order valence-corrected chi connectivity index (χ2v) is 8.41. The molecule has 0 radical (unpaired) electrons. The van der Waals surface area contributed by atoms with Crippen LogP contribution in [0, 0.1) is 0 Å². The minimum absolute atomic E-state index is 0.200. The van der Waals surface area contributed by atoms with Crippen LogP contribution < -0.4 is 10.6 Å². The Bertz CT molecular complexity index is 960. The van der Waals surface area contributed by atoms with Crippen LogP contribution in [0.5, 0.6) is 0 Å². The summed E-state index contributed by atoms with van der Waals surface area (Å²) < 4.78 is 1.03. The molecule has 3 aromatic rings. The van der Waals surface area contributed by atoms with E-state index in [2.05, 4.69) is 73.3 Å². The molecule has 0 saturated heterocycles. The van der Waals surface area contributed by atoms with Crippen molar-refractivity contribution in [1.29, 1.82) is 0 Å². The monoisotopic (exact) mass is 440 g/mol. The van der Waals surface area contributed by atoms with E-state index in [4.69, 9.17) is 0 Å². The Morgan fingerprint density at radius 1 is 1.07 bits per heavy atom. The van der Waals surface area contributed by atoms with Gasteiger partial charge in [-0.1, -0.05) is 36.7 Å². The molecule has 1 saturated carbocycles. The van der Waals surface area contributed by atoms with Crippen LogP contribution in [0.3, 0.4) is 0 Å². The molecule has 0 bridgehead atoms. The van der Waals surface area contributed by atoms with Crippen LogP contribution in [0.15, 0.2) is 34.8 Å². The number of nitrogens with zero attached hydrogens (tertiary/aromatic N) is 3. The maximum atomic E-state index is 4.61. The number of nitrogens with one attached hydrogen (secondary N) is 3. The Morgan fingerprint density at radius 3 is 2.36 bits per heavy atom. The molecule has 28 heavy (non-hydrogen) atoms. The summed E-state index contributed by atoms with van der Waals surface area (Å²) in [6.45, 7) is 6.34. The molecule has 2 aromatic heterocycles. The maximum absolute atomic E-state index is 4.61. The lowest BCUT2D eigenvalue weighted by Gasteiger charge is -2.11. The number of rotatable bonds is 7. The van der Waals surface area contributed by atoms with Gasteiger partial charge in [0.2, 0.25) is 11.9 Å². The van der Waals surface area contributed by atoms with Gasteiger partial charge in [-0.25, -0.2) is 0 Å². The van der Waals surface area contributed by atoms with Gasteiger partial charge >= 0.3 is 0 Å². The summed E-state index contributed by atoms with van der Waals surface area (Å²) in [6, 6.07) is 10.1. The van der Waals surface area contributed by atoms with Gasteiger partial charge in [0.15, 0.2) is 0 Å². The van der Waals surface area contributed by atoms with Crippen LogP contribution in [0.4, 0.5) is 23.4 Å². The zero-order chi connectivity index (χ0) is 19.7. The lowest BCUT2D eigenvalue weighted by Crippen LogP contribution is -2.08. The molecule has 0 atom stereocenters. The molecule has 0 spiro atoms. The fraction of sp³-hybridized carbons (Fsp3) is 0.381. The number of anilines is 4. The third-order valence-electron chi connectivity index (χ3n) is 4.82. The number of hydrogen-bond donors (Lipinski definition) is 3. The Hall–Kier alpha value is -2.41. The van der Waals surface area contributed by atoms with Crippen LogP contribution in [0.2, 0.25) is 0 Å². The smallest absolute Gasteiger partial charge is 0.233 e. The number of halogens is 1. The summed E-state index contributed by atoms with van der Waals surface area (Å²) in [7, 11) is 0. The molecular weight excluding hydrogens is 416 g/mol. The predicted octanol–water partition coefficient (Wildman–Crippen LogP) is 6.01. The lowest BCUT2D eigenvalue weighted by atomic mass is 10.1. The normalized spacial score (nSPS) is 13.8. The van der Waals surface area contributed by atoms with Crippen molar-refractivity contribution in [3.63, 3.8) is 0 Å². The molecule has 4 rings (SSSR count). The van der Waals surface area contributed by atoms with Gasteiger partial charge in [-0.05, 0) is 61.1 Å². The van der Waals surface area contributed by atoms with Crippen molar-refractivity contribution >= 4 is 39.3 Å². The van der Waals surface area contributed by atoms with Gasteiger partial charge in [0, 0.05) is 21.8 Å². The van der Waals surface area contributed by atoms with E-state index in [1.54, 1.807) is 0 Å². The third kappa shape index (κ3) is 4.35. The highest BCUT2D eigenvalue weighted by Gasteiger charge is 2.27. The third-order valence-corrected chi connectivity index (χ3v) is 5.35. The van der Waals surface area contributed by atoms with E-state index in [1.165, 1.54) is 24.1 Å². The predicted molar refractivity (Wildman–Crippen MR) is 117 cm³/mol. The van der Waals surface area contributed by atoms with Crippen LogP contribution in [-0.2, 0) is 6.42 Å². The highest BCUT2D eigenvalue weighted by Crippen LogP contribution is 2.43. The van der Waals surface area contributed by atoms with Crippen molar-refractivity contribution in [1.82, 2.24) is 19.9 Å². The van der Waals surface area contributed by atoms with E-state index in [0.29, 0.717) is 17.8 Å². The summed E-state index contributed by atoms with van der Waals surface area (Å²) in [6.07, 6.45) is 3.57. The minimum Gasteiger partial charge on any atom is -0.345 e. The van der Waals surface area contributed by atoms with Gasteiger partial charge in [0.25, 0.3) is 0 Å². The van der Waals surface area contributed by atoms with E-state index in [9.17, 15) is 0 Å². The number of hydrogen-bond acceptors (Lipinski definition) is 5. The number of aromatic nitrogens is 4. The minimum atomic E-state index is 0.200. The standard InChI is InChI=1S/C21H25BrN6/c1-4-17-16(13-5-6-13)11-18(24-17)25-21-27-19(12(2)3)26-20(28-21)23-15-9-7-14(22)8-10-15/h7-13,24H,4-6H2,1-3H3,(H2,23,25,26,27,28). The van der Waals surface area contributed by atoms with Crippen LogP contribution in [-0.4, -0.2) is 19.9 Å². The van der Waals surface area contributed by atoms with Crippen molar-refractivity contribution in [3.8, 4) is 0 Å². The average Bonchev–Trinajstić information content (AvgIpc) is 3.44. The van der Waals surface area contributed by atoms with Gasteiger partial charge < -0.3 is 15.6 Å². The molecule has 3 N–H and O–H groups in total. The molecule has 1 aromatic carbocycles. The summed E-state index contributed by atoms with van der Waals surface area (Å²) >= 11 is 3.46. The number of benzene rings is 1. The van der Waals surface area contributed by atoms with Gasteiger partial charge in [-0.3, -0.25) is 0 Å². The summed E-state index contributed by atoms with van der Waals surface area (Å²) in [4.78, 5) is 17.2. The Labute approximate surface area is 173 Å². The first kappa shape index (κ1) is 18.9. The molecule has 7 heteroatoms. The average molecular weight is 441 g/mol.